The Bertz CT molecular complexity index is 1270. The highest BCUT2D eigenvalue weighted by Gasteiger charge is 2.14. The number of hydrogen-bond acceptors (Lipinski definition) is 8. The molecular formula is C27H31ClN8O2. The van der Waals surface area contributed by atoms with Crippen LogP contribution in [0.5, 0.6) is 5.75 Å². The molecule has 1 saturated heterocycles. The summed E-state index contributed by atoms with van der Waals surface area (Å²) >= 11 is 6.54. The molecule has 4 N–H and O–H groups in total. The van der Waals surface area contributed by atoms with Gasteiger partial charge in [0, 0.05) is 42.9 Å². The molecule has 2 aromatic carbocycles. The Morgan fingerprint density at radius 3 is 2.61 bits per heavy atom. The van der Waals surface area contributed by atoms with E-state index in [9.17, 15) is 4.79 Å². The average Bonchev–Trinajstić information content (AvgIpc) is 2.95. The first-order valence-electron chi connectivity index (χ1n) is 12.4. The largest absolute Gasteiger partial charge is 0.495 e. The number of methoxy groups -OCH3 is 1. The first-order valence-corrected chi connectivity index (χ1v) is 12.8. The van der Waals surface area contributed by atoms with Crippen LogP contribution in [0.1, 0.15) is 29.8 Å². The number of rotatable bonds is 9. The summed E-state index contributed by atoms with van der Waals surface area (Å²) in [6.07, 6.45) is 3.27. The maximum atomic E-state index is 12.4. The van der Waals surface area contributed by atoms with Gasteiger partial charge in [-0.25, -0.2) is 14.8 Å². The summed E-state index contributed by atoms with van der Waals surface area (Å²) in [6.45, 7) is 6.96. The lowest BCUT2D eigenvalue weighted by molar-refractivity contribution is 0.262. The van der Waals surface area contributed by atoms with Gasteiger partial charge >= 0.3 is 6.03 Å². The second-order valence-electron chi connectivity index (χ2n) is 8.88. The third-order valence-corrected chi connectivity index (χ3v) is 6.70. The van der Waals surface area contributed by atoms with E-state index in [1.807, 2.05) is 12.1 Å². The van der Waals surface area contributed by atoms with Gasteiger partial charge < -0.3 is 25.6 Å². The number of halogens is 1. The van der Waals surface area contributed by atoms with E-state index in [0.29, 0.717) is 29.4 Å². The van der Waals surface area contributed by atoms with Crippen LogP contribution in [0.15, 0.2) is 48.8 Å². The van der Waals surface area contributed by atoms with Crippen LogP contribution in [-0.2, 0) is 6.42 Å². The quantitative estimate of drug-likeness (QED) is 0.325. The Labute approximate surface area is 227 Å². The molecule has 2 amide bonds. The Kier molecular flexibility index (Phi) is 9.32. The third kappa shape index (κ3) is 7.10. The van der Waals surface area contributed by atoms with Crippen molar-refractivity contribution in [3.8, 4) is 11.8 Å². The van der Waals surface area contributed by atoms with Crippen LogP contribution in [-0.4, -0.2) is 55.8 Å². The molecule has 0 aliphatic carbocycles. The number of urea groups is 1. The average molecular weight is 535 g/mol. The van der Waals surface area contributed by atoms with E-state index in [1.54, 1.807) is 6.07 Å². The van der Waals surface area contributed by atoms with Gasteiger partial charge in [0.15, 0.2) is 11.5 Å². The summed E-state index contributed by atoms with van der Waals surface area (Å²) in [5.41, 5.74) is 3.97. The monoisotopic (exact) mass is 534 g/mol. The summed E-state index contributed by atoms with van der Waals surface area (Å²) in [5, 5.41) is 21.6. The minimum Gasteiger partial charge on any atom is -0.495 e. The first kappa shape index (κ1) is 27.1. The number of carbonyl (C=O) groups is 1. The molecule has 11 heteroatoms. The van der Waals surface area contributed by atoms with Crippen molar-refractivity contribution in [2.45, 2.75) is 19.4 Å². The van der Waals surface area contributed by atoms with Gasteiger partial charge in [-0.3, -0.25) is 5.32 Å². The molecule has 4 rings (SSSR count). The number of benzene rings is 2. The van der Waals surface area contributed by atoms with Crippen molar-refractivity contribution in [2.24, 2.45) is 0 Å². The second kappa shape index (κ2) is 13.1. The van der Waals surface area contributed by atoms with Gasteiger partial charge in [0.2, 0.25) is 0 Å². The number of aromatic nitrogens is 2. The lowest BCUT2D eigenvalue weighted by Gasteiger charge is -2.29. The lowest BCUT2D eigenvalue weighted by atomic mass is 10.1. The zero-order valence-corrected chi connectivity index (χ0v) is 22.2. The second-order valence-corrected chi connectivity index (χ2v) is 9.28. The molecule has 198 valence electrons. The SMILES string of the molecule is COc1cc(CCN[C@@H](C)c2ccc(N3CCNCC3)cc2)c(Cl)cc1NC(=O)Nc1cnc(C#N)cn1. The number of piperazine rings is 1. The van der Waals surface area contributed by atoms with Crippen LogP contribution >= 0.6 is 11.6 Å². The van der Waals surface area contributed by atoms with E-state index in [1.165, 1.54) is 30.8 Å². The van der Waals surface area contributed by atoms with Crippen molar-refractivity contribution >= 4 is 34.8 Å². The molecule has 1 fully saturated rings. The van der Waals surface area contributed by atoms with E-state index in [0.717, 1.165) is 31.7 Å². The number of amides is 2. The summed E-state index contributed by atoms with van der Waals surface area (Å²) in [6, 6.07) is 13.8. The fourth-order valence-electron chi connectivity index (χ4n) is 4.21. The topological polar surface area (TPSA) is 127 Å². The van der Waals surface area contributed by atoms with Crippen molar-refractivity contribution in [3.05, 3.63) is 70.6 Å². The number of nitriles is 1. The molecule has 0 unspecified atom stereocenters. The lowest BCUT2D eigenvalue weighted by Crippen LogP contribution is -2.43. The van der Waals surface area contributed by atoms with Gasteiger partial charge in [-0.1, -0.05) is 23.7 Å². The molecule has 0 saturated carbocycles. The smallest absolute Gasteiger partial charge is 0.325 e. The van der Waals surface area contributed by atoms with Crippen molar-refractivity contribution in [2.75, 3.05) is 55.4 Å². The maximum absolute atomic E-state index is 12.4. The molecule has 1 aliphatic rings. The number of nitrogens with one attached hydrogen (secondary N) is 4. The highest BCUT2D eigenvalue weighted by Crippen LogP contribution is 2.32. The zero-order valence-electron chi connectivity index (χ0n) is 21.4. The normalized spacial score (nSPS) is 13.9. The van der Waals surface area contributed by atoms with E-state index in [2.05, 4.69) is 67.3 Å². The van der Waals surface area contributed by atoms with Gasteiger partial charge in [-0.15, -0.1) is 0 Å². The van der Waals surface area contributed by atoms with E-state index in [4.69, 9.17) is 21.6 Å². The summed E-state index contributed by atoms with van der Waals surface area (Å²) in [5.74, 6) is 0.698. The maximum Gasteiger partial charge on any atom is 0.325 e. The van der Waals surface area contributed by atoms with Gasteiger partial charge in [0.25, 0.3) is 0 Å². The van der Waals surface area contributed by atoms with Crippen LogP contribution in [0.2, 0.25) is 5.02 Å². The highest BCUT2D eigenvalue weighted by atomic mass is 35.5. The summed E-state index contributed by atoms with van der Waals surface area (Å²) < 4.78 is 5.49. The minimum atomic E-state index is -0.537. The summed E-state index contributed by atoms with van der Waals surface area (Å²) in [7, 11) is 1.53. The predicted molar refractivity (Wildman–Crippen MR) is 149 cm³/mol. The summed E-state index contributed by atoms with van der Waals surface area (Å²) in [4.78, 5) is 22.7. The number of nitrogens with zero attached hydrogens (tertiary/aromatic N) is 4. The van der Waals surface area contributed by atoms with Gasteiger partial charge in [0.1, 0.15) is 11.8 Å². The van der Waals surface area contributed by atoms with Crippen molar-refractivity contribution in [1.29, 1.82) is 5.26 Å². The Morgan fingerprint density at radius 1 is 1.18 bits per heavy atom. The van der Waals surface area contributed by atoms with Gasteiger partial charge in [0.05, 0.1) is 25.2 Å². The van der Waals surface area contributed by atoms with E-state index >= 15 is 0 Å². The minimum absolute atomic E-state index is 0.160. The Hall–Kier alpha value is -3.91. The molecule has 0 spiro atoms. The molecule has 1 aromatic heterocycles. The molecular weight excluding hydrogens is 504 g/mol. The van der Waals surface area contributed by atoms with Crippen LogP contribution in [0.4, 0.5) is 22.0 Å². The third-order valence-electron chi connectivity index (χ3n) is 6.34. The van der Waals surface area contributed by atoms with E-state index in [-0.39, 0.29) is 17.6 Å². The molecule has 1 atom stereocenters. The van der Waals surface area contributed by atoms with Crippen LogP contribution < -0.4 is 30.9 Å². The van der Waals surface area contributed by atoms with E-state index < -0.39 is 6.03 Å². The standard InChI is InChI=1S/C27H31ClN8O2/c1-18(19-3-5-22(6-4-19)36-11-9-30-10-12-36)31-8-7-20-13-25(38-2)24(14-23(20)28)34-27(37)35-26-17-32-21(15-29)16-33-26/h3-6,13-14,16-18,30-31H,7-12H2,1-2H3,(H2,33,34,35,37)/t18-/m0/s1. The molecule has 38 heavy (non-hydrogen) atoms. The van der Waals surface area contributed by atoms with Gasteiger partial charge in [-0.2, -0.15) is 5.26 Å². The highest BCUT2D eigenvalue weighted by molar-refractivity contribution is 6.31. The van der Waals surface area contributed by atoms with Crippen molar-refractivity contribution in [1.82, 2.24) is 20.6 Å². The fourth-order valence-corrected chi connectivity index (χ4v) is 4.47. The molecule has 1 aliphatic heterocycles. The molecule has 10 nitrogen and oxygen atoms in total. The van der Waals surface area contributed by atoms with Gasteiger partial charge in [-0.05, 0) is 55.3 Å². The van der Waals surface area contributed by atoms with Crippen LogP contribution in [0.25, 0.3) is 0 Å². The fraction of sp³-hybridized carbons (Fsp3) is 0.333. The Morgan fingerprint density at radius 2 is 1.95 bits per heavy atom. The molecule has 0 radical (unpaired) electrons. The number of anilines is 3. The van der Waals surface area contributed by atoms with Crippen molar-refractivity contribution < 1.29 is 9.53 Å². The molecule has 3 aromatic rings. The van der Waals surface area contributed by atoms with Crippen LogP contribution in [0, 0.1) is 11.3 Å². The van der Waals surface area contributed by atoms with Crippen molar-refractivity contribution in [3.63, 3.8) is 0 Å². The first-order chi connectivity index (χ1) is 18.5. The number of carbonyl (C=O) groups excluding carboxylic acids is 1. The molecule has 2 heterocycles. The zero-order chi connectivity index (χ0) is 26.9. The predicted octanol–water partition coefficient (Wildman–Crippen LogP) is 3.96. The van der Waals surface area contributed by atoms with Crippen LogP contribution in [0.3, 0.4) is 0 Å². The molecule has 0 bridgehead atoms. The number of ether oxygens (including phenoxy) is 1. The Balaban J connectivity index is 1.31. The number of hydrogen-bond donors (Lipinski definition) is 4.